The van der Waals surface area contributed by atoms with Gasteiger partial charge in [-0.25, -0.2) is 9.79 Å². The van der Waals surface area contributed by atoms with Gasteiger partial charge >= 0.3 is 6.09 Å². The summed E-state index contributed by atoms with van der Waals surface area (Å²) in [5.74, 6) is 0.340. The number of nitro benzene ring substituents is 1. The van der Waals surface area contributed by atoms with Gasteiger partial charge in [0.15, 0.2) is 0 Å². The minimum atomic E-state index is -0.593. The molecule has 0 aliphatic rings. The van der Waals surface area contributed by atoms with E-state index >= 15 is 0 Å². The van der Waals surface area contributed by atoms with Crippen molar-refractivity contribution in [3.63, 3.8) is 0 Å². The molecule has 0 aliphatic carbocycles. The number of ether oxygens (including phenoxy) is 1. The van der Waals surface area contributed by atoms with Crippen molar-refractivity contribution in [2.45, 2.75) is 46.7 Å². The lowest BCUT2D eigenvalue weighted by Crippen LogP contribution is -2.50. The molecule has 1 N–H and O–H groups in total. The molecule has 0 aromatic heterocycles. The number of nitrogens with zero attached hydrogens (tertiary/aromatic N) is 3. The maximum atomic E-state index is 11.8. The van der Waals surface area contributed by atoms with Crippen LogP contribution in [0.5, 0.6) is 0 Å². The number of nitro groups is 1. The van der Waals surface area contributed by atoms with Crippen molar-refractivity contribution in [1.29, 1.82) is 0 Å². The standard InChI is InChI=1S/C16H24N4O4/c1-6-24-16(21)18-15(19(11(2)3)12(4)5)17-13-7-9-14(10-8-13)20(22)23/h7-12H,6H2,1-5H3,(H,17,18,21). The zero-order chi connectivity index (χ0) is 18.3. The van der Waals surface area contributed by atoms with Gasteiger partial charge in [0.2, 0.25) is 5.96 Å². The number of hydrogen-bond donors (Lipinski definition) is 1. The number of carbonyl (C=O) groups is 1. The van der Waals surface area contributed by atoms with Crippen molar-refractivity contribution >= 4 is 23.4 Å². The third-order valence-electron chi connectivity index (χ3n) is 3.14. The summed E-state index contributed by atoms with van der Waals surface area (Å²) in [5, 5.41) is 13.4. The van der Waals surface area contributed by atoms with Crippen LogP contribution < -0.4 is 5.32 Å². The fourth-order valence-corrected chi connectivity index (χ4v) is 2.27. The fourth-order valence-electron chi connectivity index (χ4n) is 2.27. The first-order chi connectivity index (χ1) is 11.3. The molecule has 0 heterocycles. The van der Waals surface area contributed by atoms with E-state index < -0.39 is 11.0 Å². The number of alkyl carbamates (subject to hydrolysis) is 1. The minimum absolute atomic E-state index is 0.0153. The lowest BCUT2D eigenvalue weighted by molar-refractivity contribution is -0.384. The van der Waals surface area contributed by atoms with E-state index in [2.05, 4.69) is 10.3 Å². The van der Waals surface area contributed by atoms with E-state index in [4.69, 9.17) is 4.74 Å². The van der Waals surface area contributed by atoms with E-state index in [1.54, 1.807) is 6.92 Å². The molecule has 1 amide bonds. The number of amides is 1. The van der Waals surface area contributed by atoms with Gasteiger partial charge in [0.1, 0.15) is 0 Å². The Hall–Kier alpha value is -2.64. The minimum Gasteiger partial charge on any atom is -0.450 e. The third kappa shape index (κ3) is 5.53. The van der Waals surface area contributed by atoms with Gasteiger partial charge in [0, 0.05) is 24.2 Å². The fraction of sp³-hybridized carbons (Fsp3) is 0.500. The predicted octanol–water partition coefficient (Wildman–Crippen LogP) is 3.45. The molecule has 0 fully saturated rings. The zero-order valence-corrected chi connectivity index (χ0v) is 14.6. The molecule has 8 nitrogen and oxygen atoms in total. The van der Waals surface area contributed by atoms with E-state index in [1.807, 2.05) is 32.6 Å². The van der Waals surface area contributed by atoms with Gasteiger partial charge < -0.3 is 9.64 Å². The first kappa shape index (κ1) is 19.4. The Bertz CT molecular complexity index is 589. The summed E-state index contributed by atoms with van der Waals surface area (Å²) < 4.78 is 4.92. The van der Waals surface area contributed by atoms with Gasteiger partial charge in [-0.2, -0.15) is 0 Å². The Labute approximate surface area is 141 Å². The van der Waals surface area contributed by atoms with E-state index in [-0.39, 0.29) is 24.4 Å². The van der Waals surface area contributed by atoms with Crippen LogP contribution in [0.3, 0.4) is 0 Å². The topological polar surface area (TPSA) is 97.1 Å². The molecule has 0 bridgehead atoms. The summed E-state index contributed by atoms with van der Waals surface area (Å²) in [4.78, 5) is 28.4. The Kier molecular flexibility index (Phi) is 7.16. The first-order valence-electron chi connectivity index (χ1n) is 7.81. The van der Waals surface area contributed by atoms with Crippen molar-refractivity contribution < 1.29 is 14.5 Å². The Morgan fingerprint density at radius 1 is 1.25 bits per heavy atom. The highest BCUT2D eigenvalue weighted by atomic mass is 16.6. The Morgan fingerprint density at radius 3 is 2.21 bits per heavy atom. The zero-order valence-electron chi connectivity index (χ0n) is 14.6. The quantitative estimate of drug-likeness (QED) is 0.384. The molecular formula is C16H24N4O4. The van der Waals surface area contributed by atoms with Gasteiger partial charge in [-0.05, 0) is 46.8 Å². The van der Waals surface area contributed by atoms with Crippen molar-refractivity contribution in [3.8, 4) is 0 Å². The number of nitrogens with one attached hydrogen (secondary N) is 1. The monoisotopic (exact) mass is 336 g/mol. The van der Waals surface area contributed by atoms with Crippen molar-refractivity contribution in [2.75, 3.05) is 6.61 Å². The number of guanidine groups is 1. The Balaban J connectivity index is 3.18. The molecule has 24 heavy (non-hydrogen) atoms. The smallest absolute Gasteiger partial charge is 0.413 e. The van der Waals surface area contributed by atoms with Crippen LogP contribution in [0.1, 0.15) is 34.6 Å². The molecule has 1 aromatic carbocycles. The van der Waals surface area contributed by atoms with Gasteiger partial charge in [-0.1, -0.05) is 0 Å². The second-order valence-electron chi connectivity index (χ2n) is 5.65. The molecule has 132 valence electrons. The maximum absolute atomic E-state index is 11.8. The van der Waals surface area contributed by atoms with Crippen LogP contribution >= 0.6 is 0 Å². The number of rotatable bonds is 5. The molecular weight excluding hydrogens is 312 g/mol. The average molecular weight is 336 g/mol. The van der Waals surface area contributed by atoms with Crippen LogP contribution in [0.25, 0.3) is 0 Å². The molecule has 0 saturated heterocycles. The highest BCUT2D eigenvalue weighted by Crippen LogP contribution is 2.19. The molecule has 1 aromatic rings. The molecule has 0 aliphatic heterocycles. The first-order valence-corrected chi connectivity index (χ1v) is 7.81. The Morgan fingerprint density at radius 2 is 1.79 bits per heavy atom. The summed E-state index contributed by atoms with van der Waals surface area (Å²) in [6, 6.07) is 5.98. The predicted molar refractivity (Wildman–Crippen MR) is 92.5 cm³/mol. The van der Waals surface area contributed by atoms with Crippen LogP contribution in [-0.4, -0.2) is 40.6 Å². The number of benzene rings is 1. The largest absolute Gasteiger partial charge is 0.450 e. The van der Waals surface area contributed by atoms with Gasteiger partial charge in [-0.3, -0.25) is 15.4 Å². The molecule has 0 atom stereocenters. The number of carbonyl (C=O) groups excluding carboxylic acids is 1. The van der Waals surface area contributed by atoms with Gasteiger partial charge in [0.05, 0.1) is 17.2 Å². The summed E-state index contributed by atoms with van der Waals surface area (Å²) in [7, 11) is 0. The number of non-ortho nitro benzene ring substituents is 1. The summed E-state index contributed by atoms with van der Waals surface area (Å²) in [6.07, 6.45) is -0.593. The van der Waals surface area contributed by atoms with Crippen LogP contribution in [0.15, 0.2) is 29.3 Å². The van der Waals surface area contributed by atoms with Crippen molar-refractivity contribution in [3.05, 3.63) is 34.4 Å². The van der Waals surface area contributed by atoms with E-state index in [1.165, 1.54) is 24.3 Å². The number of hydrogen-bond acceptors (Lipinski definition) is 5. The van der Waals surface area contributed by atoms with Crippen LogP contribution in [0, 0.1) is 10.1 Å². The van der Waals surface area contributed by atoms with Crippen molar-refractivity contribution in [1.82, 2.24) is 10.2 Å². The summed E-state index contributed by atoms with van der Waals surface area (Å²) in [6.45, 7) is 9.90. The maximum Gasteiger partial charge on any atom is 0.413 e. The average Bonchev–Trinajstić information content (AvgIpc) is 2.47. The lowest BCUT2D eigenvalue weighted by atomic mass is 10.2. The highest BCUT2D eigenvalue weighted by Gasteiger charge is 2.21. The highest BCUT2D eigenvalue weighted by molar-refractivity contribution is 5.95. The normalized spacial score (nSPS) is 11.5. The molecule has 0 saturated carbocycles. The lowest BCUT2D eigenvalue weighted by Gasteiger charge is -2.33. The second-order valence-corrected chi connectivity index (χ2v) is 5.65. The van der Waals surface area contributed by atoms with Crippen LogP contribution in [-0.2, 0) is 4.74 Å². The SMILES string of the molecule is CCOC(=O)NC(=Nc1ccc([N+](=O)[O-])cc1)N(C(C)C)C(C)C. The number of aliphatic imine (C=N–C) groups is 1. The third-order valence-corrected chi connectivity index (χ3v) is 3.14. The van der Waals surface area contributed by atoms with Crippen LogP contribution in [0.4, 0.5) is 16.2 Å². The van der Waals surface area contributed by atoms with Gasteiger partial charge in [-0.15, -0.1) is 0 Å². The molecule has 1 rings (SSSR count). The van der Waals surface area contributed by atoms with E-state index in [0.717, 1.165) is 0 Å². The molecule has 0 radical (unpaired) electrons. The molecule has 0 unspecified atom stereocenters. The second kappa shape index (κ2) is 8.85. The van der Waals surface area contributed by atoms with E-state index in [0.29, 0.717) is 11.6 Å². The van der Waals surface area contributed by atoms with Gasteiger partial charge in [0.25, 0.3) is 5.69 Å². The molecule has 0 spiro atoms. The van der Waals surface area contributed by atoms with E-state index in [9.17, 15) is 14.9 Å². The summed E-state index contributed by atoms with van der Waals surface area (Å²) >= 11 is 0. The molecule has 8 heteroatoms. The summed E-state index contributed by atoms with van der Waals surface area (Å²) in [5.41, 5.74) is 0.483. The van der Waals surface area contributed by atoms with Crippen LogP contribution in [0.2, 0.25) is 0 Å². The van der Waals surface area contributed by atoms with Crippen molar-refractivity contribution in [2.24, 2.45) is 4.99 Å².